The van der Waals surface area contributed by atoms with E-state index in [4.69, 9.17) is 19.4 Å². The predicted octanol–water partition coefficient (Wildman–Crippen LogP) is 1.48. The minimum absolute atomic E-state index is 0.0214. The van der Waals surface area contributed by atoms with Crippen LogP contribution in [0.1, 0.15) is 12.1 Å². The molecule has 8 heteroatoms. The molecule has 2 aromatic rings. The van der Waals surface area contributed by atoms with E-state index in [1.165, 1.54) is 6.26 Å². The molecule has 1 aromatic carbocycles. The first-order chi connectivity index (χ1) is 10.5. The Morgan fingerprint density at radius 1 is 1.27 bits per heavy atom. The number of para-hydroxylation sites is 1. The number of carboxylic acid groups (broad SMARTS) is 2. The van der Waals surface area contributed by atoms with Gasteiger partial charge in [-0.2, -0.15) is 4.98 Å². The van der Waals surface area contributed by atoms with Crippen LogP contribution in [-0.4, -0.2) is 33.2 Å². The molecular weight excluding hydrogens is 292 g/mol. The van der Waals surface area contributed by atoms with E-state index >= 15 is 0 Å². The Labute approximate surface area is 125 Å². The third-order valence-electron chi connectivity index (χ3n) is 2.69. The standard InChI is InChI=1S/C14H14N2O6/c17-12(18)6-11(13(19)20)15-7-9-8-21-14(16-9)22-10-4-2-1-3-5-10/h1-5,8,11,15H,6-7H2,(H,17,18)(H,19,20)/t11-/m1/s1. The molecule has 3 N–H and O–H groups in total. The lowest BCUT2D eigenvalue weighted by Crippen LogP contribution is -2.38. The Morgan fingerprint density at radius 3 is 2.64 bits per heavy atom. The van der Waals surface area contributed by atoms with Crippen LogP contribution in [-0.2, 0) is 16.1 Å². The van der Waals surface area contributed by atoms with E-state index < -0.39 is 24.4 Å². The summed E-state index contributed by atoms with van der Waals surface area (Å²) in [5.41, 5.74) is 0.405. The summed E-state index contributed by atoms with van der Waals surface area (Å²) in [6.07, 6.45) is 0.805. The highest BCUT2D eigenvalue weighted by molar-refractivity contribution is 5.80. The molecule has 0 aliphatic rings. The molecule has 0 spiro atoms. The fourth-order valence-electron chi connectivity index (χ4n) is 1.65. The quantitative estimate of drug-likeness (QED) is 0.670. The largest absolute Gasteiger partial charge is 0.481 e. The van der Waals surface area contributed by atoms with Crippen LogP contribution in [0.15, 0.2) is 41.0 Å². The lowest BCUT2D eigenvalue weighted by atomic mass is 10.2. The smallest absolute Gasteiger partial charge is 0.399 e. The summed E-state index contributed by atoms with van der Waals surface area (Å²) in [7, 11) is 0. The SMILES string of the molecule is O=C(O)C[C@@H](NCc1coc(Oc2ccccc2)n1)C(=O)O. The van der Waals surface area contributed by atoms with Gasteiger partial charge in [0.25, 0.3) is 0 Å². The second kappa shape index (κ2) is 7.23. The first-order valence-electron chi connectivity index (χ1n) is 6.40. The van der Waals surface area contributed by atoms with E-state index in [9.17, 15) is 9.59 Å². The van der Waals surface area contributed by atoms with Gasteiger partial charge in [0.2, 0.25) is 0 Å². The van der Waals surface area contributed by atoms with Crippen molar-refractivity contribution in [2.75, 3.05) is 0 Å². The molecule has 22 heavy (non-hydrogen) atoms. The molecule has 0 fully saturated rings. The van der Waals surface area contributed by atoms with Crippen LogP contribution in [0.25, 0.3) is 0 Å². The molecule has 0 saturated heterocycles. The number of carboxylic acids is 2. The number of ether oxygens (including phenoxy) is 1. The van der Waals surface area contributed by atoms with Gasteiger partial charge in [-0.3, -0.25) is 14.9 Å². The summed E-state index contributed by atoms with van der Waals surface area (Å²) in [6, 6.07) is 7.69. The van der Waals surface area contributed by atoms with E-state index in [-0.39, 0.29) is 12.6 Å². The Kier molecular flexibility index (Phi) is 5.10. The monoisotopic (exact) mass is 306 g/mol. The van der Waals surface area contributed by atoms with Gasteiger partial charge in [-0.05, 0) is 12.1 Å². The van der Waals surface area contributed by atoms with Crippen LogP contribution in [0.3, 0.4) is 0 Å². The molecule has 0 unspecified atom stereocenters. The highest BCUT2D eigenvalue weighted by Crippen LogP contribution is 2.19. The Morgan fingerprint density at radius 2 is 2.00 bits per heavy atom. The molecule has 0 radical (unpaired) electrons. The summed E-state index contributed by atoms with van der Waals surface area (Å²) in [6.45, 7) is 0.0475. The fraction of sp³-hybridized carbons (Fsp3) is 0.214. The number of aliphatic carboxylic acids is 2. The lowest BCUT2D eigenvalue weighted by molar-refractivity contribution is -0.146. The number of rotatable bonds is 8. The zero-order valence-electron chi connectivity index (χ0n) is 11.4. The van der Waals surface area contributed by atoms with E-state index in [0.29, 0.717) is 11.4 Å². The maximum Gasteiger partial charge on any atom is 0.399 e. The molecule has 0 amide bonds. The molecule has 8 nitrogen and oxygen atoms in total. The third-order valence-corrected chi connectivity index (χ3v) is 2.69. The molecule has 0 saturated carbocycles. The minimum atomic E-state index is -1.24. The molecule has 0 aliphatic heterocycles. The molecule has 0 aliphatic carbocycles. The molecular formula is C14H14N2O6. The predicted molar refractivity (Wildman–Crippen MR) is 73.5 cm³/mol. The second-order valence-corrected chi connectivity index (χ2v) is 4.39. The number of benzene rings is 1. The van der Waals surface area contributed by atoms with Gasteiger partial charge in [-0.25, -0.2) is 0 Å². The summed E-state index contributed by atoms with van der Waals surface area (Å²) < 4.78 is 10.5. The average Bonchev–Trinajstić information content (AvgIpc) is 2.91. The first kappa shape index (κ1) is 15.5. The van der Waals surface area contributed by atoms with Crippen molar-refractivity contribution in [3.63, 3.8) is 0 Å². The summed E-state index contributed by atoms with van der Waals surface area (Å²) in [4.78, 5) is 25.5. The van der Waals surface area contributed by atoms with Gasteiger partial charge in [0.05, 0.1) is 12.1 Å². The van der Waals surface area contributed by atoms with Crippen LogP contribution >= 0.6 is 0 Å². The summed E-state index contributed by atoms with van der Waals surface area (Å²) >= 11 is 0. The van der Waals surface area contributed by atoms with Gasteiger partial charge in [0, 0.05) is 6.54 Å². The van der Waals surface area contributed by atoms with Gasteiger partial charge < -0.3 is 19.4 Å². The van der Waals surface area contributed by atoms with Crippen molar-refractivity contribution in [3.8, 4) is 11.8 Å². The summed E-state index contributed by atoms with van der Waals surface area (Å²) in [5, 5.41) is 20.1. The molecule has 1 atom stereocenters. The number of oxazole rings is 1. The number of hydrogen-bond donors (Lipinski definition) is 3. The topological polar surface area (TPSA) is 122 Å². The highest BCUT2D eigenvalue weighted by atomic mass is 16.6. The number of aromatic nitrogens is 1. The zero-order valence-corrected chi connectivity index (χ0v) is 11.4. The molecule has 2 rings (SSSR count). The van der Waals surface area contributed by atoms with Crippen LogP contribution in [0.5, 0.6) is 11.8 Å². The van der Waals surface area contributed by atoms with Gasteiger partial charge >= 0.3 is 18.0 Å². The van der Waals surface area contributed by atoms with Crippen molar-refractivity contribution in [1.82, 2.24) is 10.3 Å². The maximum atomic E-state index is 10.9. The fourth-order valence-corrected chi connectivity index (χ4v) is 1.65. The number of carbonyl (C=O) groups is 2. The van der Waals surface area contributed by atoms with E-state index in [1.54, 1.807) is 24.3 Å². The van der Waals surface area contributed by atoms with E-state index in [0.717, 1.165) is 0 Å². The highest BCUT2D eigenvalue weighted by Gasteiger charge is 2.20. The first-order valence-corrected chi connectivity index (χ1v) is 6.40. The van der Waals surface area contributed by atoms with Gasteiger partial charge in [-0.15, -0.1) is 0 Å². The minimum Gasteiger partial charge on any atom is -0.481 e. The van der Waals surface area contributed by atoms with Crippen LogP contribution in [0.2, 0.25) is 0 Å². The molecule has 1 aromatic heterocycles. The van der Waals surface area contributed by atoms with Crippen molar-refractivity contribution in [1.29, 1.82) is 0 Å². The van der Waals surface area contributed by atoms with E-state index in [2.05, 4.69) is 10.3 Å². The molecule has 0 bridgehead atoms. The second-order valence-electron chi connectivity index (χ2n) is 4.39. The molecule has 1 heterocycles. The van der Waals surface area contributed by atoms with Gasteiger partial charge in [0.1, 0.15) is 18.1 Å². The van der Waals surface area contributed by atoms with E-state index in [1.807, 2.05) is 6.07 Å². The number of nitrogens with one attached hydrogen (secondary N) is 1. The molecule has 116 valence electrons. The summed E-state index contributed by atoms with van der Waals surface area (Å²) in [5.74, 6) is -1.89. The zero-order chi connectivity index (χ0) is 15.9. The van der Waals surface area contributed by atoms with Crippen molar-refractivity contribution in [2.45, 2.75) is 19.0 Å². The van der Waals surface area contributed by atoms with Crippen LogP contribution in [0, 0.1) is 0 Å². The average molecular weight is 306 g/mol. The van der Waals surface area contributed by atoms with Crippen LogP contribution < -0.4 is 10.1 Å². The van der Waals surface area contributed by atoms with Gasteiger partial charge in [0.15, 0.2) is 0 Å². The number of hydrogen-bond acceptors (Lipinski definition) is 6. The third kappa shape index (κ3) is 4.60. The van der Waals surface area contributed by atoms with Crippen molar-refractivity contribution < 1.29 is 29.0 Å². The van der Waals surface area contributed by atoms with Gasteiger partial charge in [-0.1, -0.05) is 18.2 Å². The lowest BCUT2D eigenvalue weighted by Gasteiger charge is -2.10. The maximum absolute atomic E-state index is 10.9. The Bertz CT molecular complexity index is 640. The Balaban J connectivity index is 1.91. The normalized spacial score (nSPS) is 11.8. The van der Waals surface area contributed by atoms with Crippen LogP contribution in [0.4, 0.5) is 0 Å². The van der Waals surface area contributed by atoms with Crippen molar-refractivity contribution in [3.05, 3.63) is 42.3 Å². The Hall–Kier alpha value is -2.87. The van der Waals surface area contributed by atoms with Crippen molar-refractivity contribution >= 4 is 11.9 Å². The van der Waals surface area contributed by atoms with Crippen molar-refractivity contribution in [2.24, 2.45) is 0 Å². The number of nitrogens with zero attached hydrogens (tertiary/aromatic N) is 1.